The lowest BCUT2D eigenvalue weighted by Gasteiger charge is -2.09. The molecule has 0 amide bonds. The van der Waals surface area contributed by atoms with Crippen LogP contribution in [-0.4, -0.2) is 23.7 Å². The maximum atomic E-state index is 12.5. The summed E-state index contributed by atoms with van der Waals surface area (Å²) in [6, 6.07) is 8.26. The van der Waals surface area contributed by atoms with Gasteiger partial charge in [-0.2, -0.15) is 13.2 Å². The summed E-state index contributed by atoms with van der Waals surface area (Å²) in [5.74, 6) is 0. The van der Waals surface area contributed by atoms with Gasteiger partial charge in [0.25, 0.3) is 0 Å². The third-order valence-corrected chi connectivity index (χ3v) is 3.86. The standard InChI is InChI=1S/C17H12F3NO2/c18-17(19,20)6-5-12-11(9-23)2-4-14-13-3-1-10(8-22)7-15(13)21-16(12)14/h1-4,7-9,21H,5-6H2. The lowest BCUT2D eigenvalue weighted by atomic mass is 9.99. The first kappa shape index (κ1) is 15.3. The monoisotopic (exact) mass is 319 g/mol. The summed E-state index contributed by atoms with van der Waals surface area (Å²) < 4.78 is 37.6. The molecule has 0 aliphatic heterocycles. The van der Waals surface area contributed by atoms with E-state index in [-0.39, 0.29) is 12.0 Å². The van der Waals surface area contributed by atoms with Crippen LogP contribution in [0.5, 0.6) is 0 Å². The molecule has 0 aliphatic carbocycles. The molecule has 0 spiro atoms. The van der Waals surface area contributed by atoms with E-state index >= 15 is 0 Å². The number of nitrogens with one attached hydrogen (secondary N) is 1. The fraction of sp³-hybridized carbons (Fsp3) is 0.176. The van der Waals surface area contributed by atoms with Gasteiger partial charge in [0, 0.05) is 33.8 Å². The molecule has 1 heterocycles. The van der Waals surface area contributed by atoms with Crippen molar-refractivity contribution < 1.29 is 22.8 Å². The first-order chi connectivity index (χ1) is 10.9. The number of halogens is 3. The van der Waals surface area contributed by atoms with Gasteiger partial charge in [-0.25, -0.2) is 0 Å². The second kappa shape index (κ2) is 5.53. The van der Waals surface area contributed by atoms with E-state index in [1.807, 2.05) is 0 Å². The van der Waals surface area contributed by atoms with E-state index in [0.29, 0.717) is 34.7 Å². The SMILES string of the molecule is O=Cc1ccc2c(c1)[nH]c1c(CCC(F)(F)F)c(C=O)ccc12. The number of carbonyl (C=O) groups is 2. The van der Waals surface area contributed by atoms with Crippen LogP contribution in [0.25, 0.3) is 21.8 Å². The van der Waals surface area contributed by atoms with Gasteiger partial charge in [-0.15, -0.1) is 0 Å². The number of hydrogen-bond acceptors (Lipinski definition) is 2. The quantitative estimate of drug-likeness (QED) is 0.723. The number of aromatic amines is 1. The molecule has 118 valence electrons. The maximum Gasteiger partial charge on any atom is 0.389 e. The Morgan fingerprint density at radius 1 is 1.00 bits per heavy atom. The second-order valence-electron chi connectivity index (χ2n) is 5.34. The normalized spacial score (nSPS) is 12.0. The van der Waals surface area contributed by atoms with E-state index in [0.717, 1.165) is 10.8 Å². The van der Waals surface area contributed by atoms with Crippen molar-refractivity contribution in [3.8, 4) is 0 Å². The number of aromatic nitrogens is 1. The number of fused-ring (bicyclic) bond motifs is 3. The van der Waals surface area contributed by atoms with Crippen LogP contribution < -0.4 is 0 Å². The zero-order chi connectivity index (χ0) is 16.6. The number of carbonyl (C=O) groups excluding carboxylic acids is 2. The van der Waals surface area contributed by atoms with Crippen molar-refractivity contribution in [2.75, 3.05) is 0 Å². The minimum absolute atomic E-state index is 0.240. The molecule has 1 N–H and O–H groups in total. The lowest BCUT2D eigenvalue weighted by Crippen LogP contribution is -2.09. The molecule has 0 bridgehead atoms. The predicted octanol–water partition coefficient (Wildman–Crippen LogP) is 4.44. The molecule has 0 unspecified atom stereocenters. The molecular weight excluding hydrogens is 307 g/mol. The Morgan fingerprint density at radius 3 is 2.39 bits per heavy atom. The highest BCUT2D eigenvalue weighted by Gasteiger charge is 2.27. The average Bonchev–Trinajstić information content (AvgIpc) is 2.89. The Morgan fingerprint density at radius 2 is 1.74 bits per heavy atom. The number of aryl methyl sites for hydroxylation is 1. The van der Waals surface area contributed by atoms with Crippen LogP contribution in [-0.2, 0) is 6.42 Å². The predicted molar refractivity (Wildman–Crippen MR) is 81.0 cm³/mol. The Bertz CT molecular complexity index is 909. The fourth-order valence-electron chi connectivity index (χ4n) is 2.79. The zero-order valence-corrected chi connectivity index (χ0v) is 11.9. The van der Waals surface area contributed by atoms with Crippen LogP contribution in [0.15, 0.2) is 30.3 Å². The lowest BCUT2D eigenvalue weighted by molar-refractivity contribution is -0.133. The van der Waals surface area contributed by atoms with Gasteiger partial charge in [-0.1, -0.05) is 24.3 Å². The second-order valence-corrected chi connectivity index (χ2v) is 5.34. The third-order valence-electron chi connectivity index (χ3n) is 3.86. The average molecular weight is 319 g/mol. The summed E-state index contributed by atoms with van der Waals surface area (Å²) in [5, 5.41) is 1.54. The summed E-state index contributed by atoms with van der Waals surface area (Å²) >= 11 is 0. The number of H-pyrrole nitrogens is 1. The van der Waals surface area contributed by atoms with E-state index in [1.165, 1.54) is 6.07 Å². The zero-order valence-electron chi connectivity index (χ0n) is 11.9. The highest BCUT2D eigenvalue weighted by atomic mass is 19.4. The Kier molecular flexibility index (Phi) is 3.67. The molecule has 0 radical (unpaired) electrons. The van der Waals surface area contributed by atoms with E-state index < -0.39 is 12.6 Å². The van der Waals surface area contributed by atoms with Gasteiger partial charge in [0.15, 0.2) is 0 Å². The van der Waals surface area contributed by atoms with Crippen molar-refractivity contribution in [3.05, 3.63) is 47.0 Å². The van der Waals surface area contributed by atoms with Crippen LogP contribution in [0.2, 0.25) is 0 Å². The smallest absolute Gasteiger partial charge is 0.354 e. The van der Waals surface area contributed by atoms with Crippen molar-refractivity contribution in [1.29, 1.82) is 0 Å². The van der Waals surface area contributed by atoms with Crippen LogP contribution in [0.4, 0.5) is 13.2 Å². The van der Waals surface area contributed by atoms with E-state index in [2.05, 4.69) is 4.98 Å². The molecule has 3 nitrogen and oxygen atoms in total. The number of hydrogen-bond donors (Lipinski definition) is 1. The van der Waals surface area contributed by atoms with Gasteiger partial charge in [-0.3, -0.25) is 9.59 Å². The van der Waals surface area contributed by atoms with Crippen molar-refractivity contribution >= 4 is 34.4 Å². The molecular formula is C17H12F3NO2. The van der Waals surface area contributed by atoms with Crippen LogP contribution in [0, 0.1) is 0 Å². The molecule has 0 aliphatic rings. The Labute approximate surface area is 129 Å². The number of aldehydes is 2. The Balaban J connectivity index is 2.22. The number of alkyl halides is 3. The first-order valence-corrected chi connectivity index (χ1v) is 6.97. The summed E-state index contributed by atoms with van der Waals surface area (Å²) in [7, 11) is 0. The van der Waals surface area contributed by atoms with E-state index in [1.54, 1.807) is 24.3 Å². The molecule has 6 heteroatoms. The highest BCUT2D eigenvalue weighted by Crippen LogP contribution is 2.32. The number of rotatable bonds is 4. The fourth-order valence-corrected chi connectivity index (χ4v) is 2.79. The van der Waals surface area contributed by atoms with Crippen molar-refractivity contribution in [3.63, 3.8) is 0 Å². The van der Waals surface area contributed by atoms with Gasteiger partial charge in [0.05, 0.1) is 5.52 Å². The largest absolute Gasteiger partial charge is 0.389 e. The molecule has 2 aromatic carbocycles. The Hall–Kier alpha value is -2.63. The molecule has 0 fully saturated rings. The van der Waals surface area contributed by atoms with Crippen LogP contribution >= 0.6 is 0 Å². The topological polar surface area (TPSA) is 49.9 Å². The van der Waals surface area contributed by atoms with Crippen molar-refractivity contribution in [2.24, 2.45) is 0 Å². The molecule has 1 aromatic heterocycles. The third kappa shape index (κ3) is 2.84. The van der Waals surface area contributed by atoms with Gasteiger partial charge in [0.1, 0.15) is 12.6 Å². The van der Waals surface area contributed by atoms with Crippen LogP contribution in [0.1, 0.15) is 32.7 Å². The van der Waals surface area contributed by atoms with Gasteiger partial charge >= 0.3 is 6.18 Å². The minimum atomic E-state index is -4.29. The van der Waals surface area contributed by atoms with Crippen molar-refractivity contribution in [1.82, 2.24) is 4.98 Å². The minimum Gasteiger partial charge on any atom is -0.354 e. The molecule has 3 aromatic rings. The summed E-state index contributed by atoms with van der Waals surface area (Å²) in [4.78, 5) is 25.1. The van der Waals surface area contributed by atoms with Gasteiger partial charge in [-0.05, 0) is 18.1 Å². The molecule has 23 heavy (non-hydrogen) atoms. The molecule has 3 rings (SSSR count). The first-order valence-electron chi connectivity index (χ1n) is 6.97. The van der Waals surface area contributed by atoms with Gasteiger partial charge < -0.3 is 4.98 Å². The molecule has 0 saturated heterocycles. The van der Waals surface area contributed by atoms with E-state index in [9.17, 15) is 22.8 Å². The summed E-state index contributed by atoms with van der Waals surface area (Å²) in [6.45, 7) is 0. The summed E-state index contributed by atoms with van der Waals surface area (Å²) in [6.07, 6.45) is -4.30. The maximum absolute atomic E-state index is 12.5. The molecule has 0 atom stereocenters. The number of benzene rings is 2. The van der Waals surface area contributed by atoms with E-state index in [4.69, 9.17) is 0 Å². The molecule has 0 saturated carbocycles. The summed E-state index contributed by atoms with van der Waals surface area (Å²) in [5.41, 5.74) is 2.22. The van der Waals surface area contributed by atoms with Gasteiger partial charge in [0.2, 0.25) is 0 Å². The van der Waals surface area contributed by atoms with Crippen LogP contribution in [0.3, 0.4) is 0 Å². The van der Waals surface area contributed by atoms with Crippen molar-refractivity contribution in [2.45, 2.75) is 19.0 Å². The highest BCUT2D eigenvalue weighted by molar-refractivity contribution is 6.10.